The maximum atomic E-state index is 11.6. The third-order valence-corrected chi connectivity index (χ3v) is 1.98. The second kappa shape index (κ2) is 4.13. The van der Waals surface area contributed by atoms with Crippen LogP contribution in [-0.4, -0.2) is 21.2 Å². The molecule has 1 amide bonds. The van der Waals surface area contributed by atoms with E-state index < -0.39 is 5.91 Å². The summed E-state index contributed by atoms with van der Waals surface area (Å²) in [4.78, 5) is 15.4. The van der Waals surface area contributed by atoms with E-state index in [1.807, 2.05) is 0 Å². The van der Waals surface area contributed by atoms with E-state index in [0.717, 1.165) is 0 Å². The average molecular weight is 222 g/mol. The van der Waals surface area contributed by atoms with E-state index in [-0.39, 0.29) is 11.9 Å². The monoisotopic (exact) mass is 222 g/mol. The van der Waals surface area contributed by atoms with Crippen LogP contribution in [0.2, 0.25) is 0 Å². The number of amides is 1. The molecule has 0 bridgehead atoms. The van der Waals surface area contributed by atoms with Gasteiger partial charge < -0.3 is 14.4 Å². The summed E-state index contributed by atoms with van der Waals surface area (Å²) in [7, 11) is 0. The molecule has 2 heterocycles. The minimum absolute atomic E-state index is 0.00726. The van der Waals surface area contributed by atoms with Gasteiger partial charge in [-0.3, -0.25) is 4.79 Å². The zero-order valence-electron chi connectivity index (χ0n) is 8.80. The minimum atomic E-state index is -0.410. The Labute approximate surface area is 90.8 Å². The van der Waals surface area contributed by atoms with Crippen molar-refractivity contribution in [2.75, 3.05) is 0 Å². The molecule has 1 N–H and O–H groups in total. The first-order valence-corrected chi connectivity index (χ1v) is 4.68. The Hall–Kier alpha value is -2.18. The van der Waals surface area contributed by atoms with Gasteiger partial charge in [-0.05, 0) is 6.92 Å². The zero-order valence-corrected chi connectivity index (χ0v) is 8.80. The summed E-state index contributed by atoms with van der Waals surface area (Å²) in [6.45, 7) is 3.40. The number of nitrogens with one attached hydrogen (secondary N) is 1. The highest BCUT2D eigenvalue weighted by Crippen LogP contribution is 2.09. The molecule has 0 fully saturated rings. The van der Waals surface area contributed by atoms with Crippen LogP contribution < -0.4 is 5.32 Å². The summed E-state index contributed by atoms with van der Waals surface area (Å²) in [5, 5.41) is 9.89. The molecule has 2 rings (SSSR count). The second-order valence-corrected chi connectivity index (χ2v) is 3.26. The first-order chi connectivity index (χ1) is 7.66. The molecule has 2 aromatic rings. The molecule has 0 saturated carbocycles. The number of hydrogen-bond donors (Lipinski definition) is 1. The number of nitrogens with zero attached hydrogens (tertiary/aromatic N) is 3. The molecule has 2 aromatic heterocycles. The second-order valence-electron chi connectivity index (χ2n) is 3.26. The highest BCUT2D eigenvalue weighted by Gasteiger charge is 2.17. The Morgan fingerprint density at radius 3 is 2.88 bits per heavy atom. The first-order valence-electron chi connectivity index (χ1n) is 4.68. The summed E-state index contributed by atoms with van der Waals surface area (Å²) in [6, 6.07) is 1.40. The van der Waals surface area contributed by atoms with Gasteiger partial charge in [0, 0.05) is 13.0 Å². The van der Waals surface area contributed by atoms with E-state index in [1.54, 1.807) is 19.9 Å². The third-order valence-electron chi connectivity index (χ3n) is 1.98. The number of carbonyl (C=O) groups excluding carboxylic acids is 1. The number of rotatable bonds is 3. The number of aryl methyl sites for hydroxylation is 1. The predicted molar refractivity (Wildman–Crippen MR) is 51.4 cm³/mol. The van der Waals surface area contributed by atoms with Crippen molar-refractivity contribution in [3.8, 4) is 0 Å². The van der Waals surface area contributed by atoms with Gasteiger partial charge in [-0.2, -0.15) is 4.98 Å². The van der Waals surface area contributed by atoms with E-state index in [0.29, 0.717) is 11.6 Å². The molecule has 1 atom stereocenters. The van der Waals surface area contributed by atoms with E-state index in [1.165, 1.54) is 6.26 Å². The van der Waals surface area contributed by atoms with Crippen LogP contribution in [0.1, 0.15) is 35.2 Å². The molecule has 0 radical (unpaired) electrons. The number of hydrogen-bond acceptors (Lipinski definition) is 6. The molecular weight excluding hydrogens is 212 g/mol. The highest BCUT2D eigenvalue weighted by atomic mass is 16.5. The Morgan fingerprint density at radius 2 is 2.31 bits per heavy atom. The maximum Gasteiger partial charge on any atom is 0.293 e. The van der Waals surface area contributed by atoms with Crippen LogP contribution >= 0.6 is 0 Å². The standard InChI is InChI=1S/C9H10N4O3/c1-5(7-3-4-15-12-7)10-9(14)8-11-6(2)16-13-8/h3-5H,1-2H3,(H,10,14)/t5-/m0/s1. The van der Waals surface area contributed by atoms with Gasteiger partial charge >= 0.3 is 0 Å². The van der Waals surface area contributed by atoms with Crippen molar-refractivity contribution in [1.29, 1.82) is 0 Å². The molecule has 7 heteroatoms. The lowest BCUT2D eigenvalue weighted by Crippen LogP contribution is -2.27. The van der Waals surface area contributed by atoms with Crippen molar-refractivity contribution in [1.82, 2.24) is 20.6 Å². The van der Waals surface area contributed by atoms with Crippen LogP contribution in [-0.2, 0) is 0 Å². The van der Waals surface area contributed by atoms with Gasteiger partial charge in [0.25, 0.3) is 11.7 Å². The van der Waals surface area contributed by atoms with Crippen molar-refractivity contribution in [2.24, 2.45) is 0 Å². The lowest BCUT2D eigenvalue weighted by Gasteiger charge is -2.07. The summed E-state index contributed by atoms with van der Waals surface area (Å²) < 4.78 is 9.38. The predicted octanol–water partition coefficient (Wildman–Crippen LogP) is 0.857. The zero-order chi connectivity index (χ0) is 11.5. The third kappa shape index (κ3) is 2.08. The van der Waals surface area contributed by atoms with Gasteiger partial charge in [0.2, 0.25) is 5.89 Å². The van der Waals surface area contributed by atoms with Crippen molar-refractivity contribution in [3.05, 3.63) is 29.7 Å². The quantitative estimate of drug-likeness (QED) is 0.827. The van der Waals surface area contributed by atoms with Crippen LogP contribution in [0.3, 0.4) is 0 Å². The van der Waals surface area contributed by atoms with Crippen molar-refractivity contribution in [3.63, 3.8) is 0 Å². The molecule has 0 unspecified atom stereocenters. The lowest BCUT2D eigenvalue weighted by molar-refractivity contribution is 0.0925. The van der Waals surface area contributed by atoms with E-state index in [9.17, 15) is 4.79 Å². The van der Waals surface area contributed by atoms with Gasteiger partial charge in [-0.25, -0.2) is 0 Å². The fourth-order valence-corrected chi connectivity index (χ4v) is 1.17. The van der Waals surface area contributed by atoms with Crippen LogP contribution in [0.25, 0.3) is 0 Å². The number of carbonyl (C=O) groups is 1. The largest absolute Gasteiger partial charge is 0.364 e. The van der Waals surface area contributed by atoms with E-state index >= 15 is 0 Å². The lowest BCUT2D eigenvalue weighted by atomic mass is 10.2. The highest BCUT2D eigenvalue weighted by molar-refractivity contribution is 5.90. The van der Waals surface area contributed by atoms with Gasteiger partial charge in [0.05, 0.1) is 6.04 Å². The van der Waals surface area contributed by atoms with Crippen molar-refractivity contribution in [2.45, 2.75) is 19.9 Å². The van der Waals surface area contributed by atoms with Crippen molar-refractivity contribution < 1.29 is 13.8 Å². The normalized spacial score (nSPS) is 12.4. The molecule has 0 aliphatic carbocycles. The molecule has 0 aliphatic heterocycles. The first kappa shape index (κ1) is 10.3. The fourth-order valence-electron chi connectivity index (χ4n) is 1.17. The van der Waals surface area contributed by atoms with Crippen LogP contribution in [0.15, 0.2) is 21.4 Å². The van der Waals surface area contributed by atoms with Gasteiger partial charge in [0.1, 0.15) is 12.0 Å². The van der Waals surface area contributed by atoms with Crippen LogP contribution in [0.5, 0.6) is 0 Å². The Balaban J connectivity index is 2.03. The fraction of sp³-hybridized carbons (Fsp3) is 0.333. The SMILES string of the molecule is Cc1nc(C(=O)N[C@@H](C)c2ccon2)no1. The summed E-state index contributed by atoms with van der Waals surface area (Å²) in [6.07, 6.45) is 1.44. The average Bonchev–Trinajstić information content (AvgIpc) is 2.87. The van der Waals surface area contributed by atoms with Crippen LogP contribution in [0, 0.1) is 6.92 Å². The Bertz CT molecular complexity index is 477. The van der Waals surface area contributed by atoms with E-state index in [4.69, 9.17) is 4.52 Å². The molecule has 84 valence electrons. The topological polar surface area (TPSA) is 94.1 Å². The summed E-state index contributed by atoms with van der Waals surface area (Å²) in [5.74, 6) is -0.0561. The molecular formula is C9H10N4O3. The summed E-state index contributed by atoms with van der Waals surface area (Å²) >= 11 is 0. The van der Waals surface area contributed by atoms with Gasteiger partial charge in [-0.1, -0.05) is 10.3 Å². The van der Waals surface area contributed by atoms with Crippen LogP contribution in [0.4, 0.5) is 0 Å². The Morgan fingerprint density at radius 1 is 1.50 bits per heavy atom. The molecule has 0 aromatic carbocycles. The Kier molecular flexibility index (Phi) is 2.67. The molecule has 0 spiro atoms. The minimum Gasteiger partial charge on any atom is -0.364 e. The van der Waals surface area contributed by atoms with E-state index in [2.05, 4.69) is 25.1 Å². The molecule has 0 saturated heterocycles. The molecule has 7 nitrogen and oxygen atoms in total. The maximum absolute atomic E-state index is 11.6. The van der Waals surface area contributed by atoms with Crippen molar-refractivity contribution >= 4 is 5.91 Å². The smallest absolute Gasteiger partial charge is 0.293 e. The van der Waals surface area contributed by atoms with Gasteiger partial charge in [0.15, 0.2) is 0 Å². The van der Waals surface area contributed by atoms with Gasteiger partial charge in [-0.15, -0.1) is 0 Å². The molecule has 0 aliphatic rings. The number of aromatic nitrogens is 3. The summed E-state index contributed by atoms with van der Waals surface area (Å²) in [5.41, 5.74) is 0.633. The molecule has 16 heavy (non-hydrogen) atoms.